The minimum atomic E-state index is -2.81. The standard InChI is InChI=1S/C11H22N2O3S/c1-11(9-14,12-10-2-3-10)8-13-4-6-17(15,16)7-5-13/h10,12,14H,2-9H2,1H3. The van der Waals surface area contributed by atoms with Crippen LogP contribution in [0.2, 0.25) is 0 Å². The van der Waals surface area contributed by atoms with E-state index < -0.39 is 9.84 Å². The van der Waals surface area contributed by atoms with Gasteiger partial charge in [-0.2, -0.15) is 0 Å². The van der Waals surface area contributed by atoms with E-state index in [1.54, 1.807) is 0 Å². The lowest BCUT2D eigenvalue weighted by atomic mass is 10.0. The lowest BCUT2D eigenvalue weighted by Gasteiger charge is -2.36. The summed E-state index contributed by atoms with van der Waals surface area (Å²) in [5, 5.41) is 12.9. The Morgan fingerprint density at radius 2 is 1.94 bits per heavy atom. The molecule has 0 bridgehead atoms. The molecule has 0 radical (unpaired) electrons. The van der Waals surface area contributed by atoms with Gasteiger partial charge in [0.15, 0.2) is 9.84 Å². The van der Waals surface area contributed by atoms with Gasteiger partial charge in [-0.25, -0.2) is 8.42 Å². The molecule has 6 heteroatoms. The molecule has 1 saturated heterocycles. The van der Waals surface area contributed by atoms with E-state index in [9.17, 15) is 13.5 Å². The summed E-state index contributed by atoms with van der Waals surface area (Å²) in [6.07, 6.45) is 2.37. The van der Waals surface area contributed by atoms with Gasteiger partial charge < -0.3 is 10.4 Å². The van der Waals surface area contributed by atoms with Crippen LogP contribution in [-0.4, -0.2) is 67.8 Å². The van der Waals surface area contributed by atoms with Crippen molar-refractivity contribution in [3.8, 4) is 0 Å². The number of rotatable bonds is 5. The first kappa shape index (κ1) is 13.3. The number of hydrogen-bond acceptors (Lipinski definition) is 5. The molecule has 100 valence electrons. The van der Waals surface area contributed by atoms with Crippen LogP contribution in [0, 0.1) is 0 Å². The molecule has 0 aromatic heterocycles. The second kappa shape index (κ2) is 4.84. The zero-order valence-electron chi connectivity index (χ0n) is 10.4. The predicted octanol–water partition coefficient (Wildman–Crippen LogP) is -0.780. The molecule has 0 amide bonds. The van der Waals surface area contributed by atoms with Crippen molar-refractivity contribution in [2.45, 2.75) is 31.3 Å². The van der Waals surface area contributed by atoms with Crippen LogP contribution in [0.4, 0.5) is 0 Å². The fourth-order valence-corrected chi connectivity index (χ4v) is 3.54. The number of aliphatic hydroxyl groups is 1. The van der Waals surface area contributed by atoms with Crippen LogP contribution in [-0.2, 0) is 9.84 Å². The van der Waals surface area contributed by atoms with Gasteiger partial charge in [0.25, 0.3) is 0 Å². The van der Waals surface area contributed by atoms with Gasteiger partial charge in [-0.1, -0.05) is 0 Å². The Labute approximate surface area is 103 Å². The lowest BCUT2D eigenvalue weighted by Crippen LogP contribution is -2.57. The van der Waals surface area contributed by atoms with Crippen molar-refractivity contribution in [1.82, 2.24) is 10.2 Å². The second-order valence-corrected chi connectivity index (χ2v) is 7.87. The van der Waals surface area contributed by atoms with Crippen LogP contribution < -0.4 is 5.32 Å². The Kier molecular flexibility index (Phi) is 3.77. The highest BCUT2D eigenvalue weighted by Gasteiger charge is 2.34. The van der Waals surface area contributed by atoms with Gasteiger partial charge in [-0.05, 0) is 19.8 Å². The third-order valence-corrected chi connectivity index (χ3v) is 5.10. The molecular weight excluding hydrogens is 240 g/mol. The van der Waals surface area contributed by atoms with E-state index in [1.165, 1.54) is 12.8 Å². The van der Waals surface area contributed by atoms with Gasteiger partial charge in [0.2, 0.25) is 0 Å². The lowest BCUT2D eigenvalue weighted by molar-refractivity contribution is 0.122. The summed E-state index contributed by atoms with van der Waals surface area (Å²) in [5.74, 6) is 0.496. The molecule has 1 atom stereocenters. The molecule has 2 aliphatic rings. The summed E-state index contributed by atoms with van der Waals surface area (Å²) in [5.41, 5.74) is -0.303. The van der Waals surface area contributed by atoms with Crippen molar-refractivity contribution in [2.75, 3.05) is 37.7 Å². The molecule has 2 N–H and O–H groups in total. The number of nitrogens with one attached hydrogen (secondary N) is 1. The zero-order chi connectivity index (χ0) is 12.5. The van der Waals surface area contributed by atoms with Crippen molar-refractivity contribution in [3.63, 3.8) is 0 Å². The third kappa shape index (κ3) is 3.91. The number of sulfone groups is 1. The monoisotopic (exact) mass is 262 g/mol. The van der Waals surface area contributed by atoms with Crippen LogP contribution in [0.3, 0.4) is 0 Å². The first-order valence-electron chi connectivity index (χ1n) is 6.24. The van der Waals surface area contributed by atoms with E-state index in [0.717, 1.165) is 6.54 Å². The van der Waals surface area contributed by atoms with Crippen molar-refractivity contribution in [3.05, 3.63) is 0 Å². The van der Waals surface area contributed by atoms with E-state index in [4.69, 9.17) is 0 Å². The summed E-state index contributed by atoms with van der Waals surface area (Å²) in [4.78, 5) is 2.13. The molecule has 1 saturated carbocycles. The topological polar surface area (TPSA) is 69.6 Å². The van der Waals surface area contributed by atoms with E-state index >= 15 is 0 Å². The normalized spacial score (nSPS) is 28.8. The molecule has 17 heavy (non-hydrogen) atoms. The molecule has 1 aliphatic carbocycles. The first-order chi connectivity index (χ1) is 7.92. The van der Waals surface area contributed by atoms with E-state index in [2.05, 4.69) is 10.2 Å². The fourth-order valence-electron chi connectivity index (χ4n) is 2.26. The highest BCUT2D eigenvalue weighted by atomic mass is 32.2. The van der Waals surface area contributed by atoms with Crippen molar-refractivity contribution < 1.29 is 13.5 Å². The van der Waals surface area contributed by atoms with Crippen LogP contribution in [0.15, 0.2) is 0 Å². The second-order valence-electron chi connectivity index (χ2n) is 5.57. The van der Waals surface area contributed by atoms with Crippen LogP contribution in [0.25, 0.3) is 0 Å². The molecule has 1 unspecified atom stereocenters. The maximum Gasteiger partial charge on any atom is 0.152 e. The Morgan fingerprint density at radius 3 is 2.41 bits per heavy atom. The molecule has 2 rings (SSSR count). The molecule has 0 spiro atoms. The van der Waals surface area contributed by atoms with Gasteiger partial charge >= 0.3 is 0 Å². The minimum Gasteiger partial charge on any atom is -0.394 e. The summed E-state index contributed by atoms with van der Waals surface area (Å²) in [6.45, 7) is 3.99. The van der Waals surface area contributed by atoms with Crippen molar-refractivity contribution in [1.29, 1.82) is 0 Å². The average molecular weight is 262 g/mol. The quantitative estimate of drug-likeness (QED) is 0.680. The van der Waals surface area contributed by atoms with Crippen LogP contribution in [0.1, 0.15) is 19.8 Å². The Morgan fingerprint density at radius 1 is 1.35 bits per heavy atom. The molecule has 2 fully saturated rings. The highest BCUT2D eigenvalue weighted by Crippen LogP contribution is 2.23. The van der Waals surface area contributed by atoms with E-state index in [0.29, 0.717) is 19.1 Å². The summed E-state index contributed by atoms with van der Waals surface area (Å²) in [7, 11) is -2.81. The van der Waals surface area contributed by atoms with E-state index in [-0.39, 0.29) is 23.7 Å². The largest absolute Gasteiger partial charge is 0.394 e. The summed E-state index contributed by atoms with van der Waals surface area (Å²) in [6, 6.07) is 0.542. The van der Waals surface area contributed by atoms with Gasteiger partial charge in [0.05, 0.1) is 23.7 Å². The van der Waals surface area contributed by atoms with E-state index in [1.807, 2.05) is 6.92 Å². The summed E-state index contributed by atoms with van der Waals surface area (Å²) < 4.78 is 22.7. The summed E-state index contributed by atoms with van der Waals surface area (Å²) >= 11 is 0. The van der Waals surface area contributed by atoms with Crippen LogP contribution >= 0.6 is 0 Å². The number of hydrogen-bond donors (Lipinski definition) is 2. The van der Waals surface area contributed by atoms with Crippen molar-refractivity contribution in [2.24, 2.45) is 0 Å². The van der Waals surface area contributed by atoms with Gasteiger partial charge in [-0.15, -0.1) is 0 Å². The third-order valence-electron chi connectivity index (χ3n) is 3.49. The van der Waals surface area contributed by atoms with Crippen LogP contribution in [0.5, 0.6) is 0 Å². The first-order valence-corrected chi connectivity index (χ1v) is 8.06. The predicted molar refractivity (Wildman–Crippen MR) is 66.7 cm³/mol. The van der Waals surface area contributed by atoms with Gasteiger partial charge in [0, 0.05) is 25.7 Å². The molecule has 0 aromatic rings. The average Bonchev–Trinajstić information content (AvgIpc) is 3.05. The Hall–Kier alpha value is -0.170. The maximum atomic E-state index is 11.3. The molecular formula is C11H22N2O3S. The van der Waals surface area contributed by atoms with Crippen molar-refractivity contribution >= 4 is 9.84 Å². The Bertz CT molecular complexity index is 353. The highest BCUT2D eigenvalue weighted by molar-refractivity contribution is 7.91. The maximum absolute atomic E-state index is 11.3. The number of aliphatic hydroxyl groups excluding tert-OH is 1. The minimum absolute atomic E-state index is 0.0900. The molecule has 1 heterocycles. The smallest absolute Gasteiger partial charge is 0.152 e. The van der Waals surface area contributed by atoms with Gasteiger partial charge in [0.1, 0.15) is 0 Å². The Balaban J connectivity index is 1.86. The molecule has 1 aliphatic heterocycles. The zero-order valence-corrected chi connectivity index (χ0v) is 11.2. The molecule has 0 aromatic carbocycles. The molecule has 5 nitrogen and oxygen atoms in total. The SMILES string of the molecule is CC(CO)(CN1CCS(=O)(=O)CC1)NC1CC1. The number of nitrogens with zero attached hydrogens (tertiary/aromatic N) is 1. The van der Waals surface area contributed by atoms with Gasteiger partial charge in [-0.3, -0.25) is 4.90 Å². The fraction of sp³-hybridized carbons (Fsp3) is 1.00.